The van der Waals surface area contributed by atoms with E-state index in [0.717, 1.165) is 24.2 Å². The molecule has 1 N–H and O–H groups in total. The monoisotopic (exact) mass is 335 g/mol. The zero-order valence-electron chi connectivity index (χ0n) is 13.7. The lowest BCUT2D eigenvalue weighted by Gasteiger charge is -2.07. The molecule has 25 heavy (non-hydrogen) atoms. The van der Waals surface area contributed by atoms with Crippen molar-refractivity contribution in [1.29, 1.82) is 0 Å². The van der Waals surface area contributed by atoms with Crippen LogP contribution in [0.15, 0.2) is 53.1 Å². The predicted molar refractivity (Wildman–Crippen MR) is 93.1 cm³/mol. The number of nitrogens with one attached hydrogen (secondary N) is 1. The molecule has 1 aliphatic rings. The highest BCUT2D eigenvalue weighted by molar-refractivity contribution is 5.97. The summed E-state index contributed by atoms with van der Waals surface area (Å²) in [5.41, 5.74) is 2.23. The van der Waals surface area contributed by atoms with Crippen LogP contribution in [0.3, 0.4) is 0 Å². The van der Waals surface area contributed by atoms with Gasteiger partial charge in [0, 0.05) is 11.5 Å². The highest BCUT2D eigenvalue weighted by Crippen LogP contribution is 2.33. The summed E-state index contributed by atoms with van der Waals surface area (Å²) in [6.45, 7) is 0. The number of ether oxygens (including phenoxy) is 1. The molecule has 0 atom stereocenters. The minimum Gasteiger partial charge on any atom is -0.497 e. The number of para-hydroxylation sites is 1. The van der Waals surface area contributed by atoms with Crippen molar-refractivity contribution >= 4 is 11.6 Å². The molecule has 6 heteroatoms. The molecule has 0 radical (unpaired) electrons. The minimum absolute atomic E-state index is 0.0438. The van der Waals surface area contributed by atoms with Gasteiger partial charge in [0.15, 0.2) is 0 Å². The third kappa shape index (κ3) is 3.24. The van der Waals surface area contributed by atoms with Gasteiger partial charge in [0.2, 0.25) is 11.7 Å². The fraction of sp³-hybridized carbons (Fsp3) is 0.211. The van der Waals surface area contributed by atoms with Gasteiger partial charge in [-0.05, 0) is 49.2 Å². The number of hydrogen-bond acceptors (Lipinski definition) is 5. The Morgan fingerprint density at radius 2 is 1.92 bits per heavy atom. The lowest BCUT2D eigenvalue weighted by molar-refractivity contribution is -0.117. The van der Waals surface area contributed by atoms with Crippen LogP contribution < -0.4 is 10.1 Å². The number of carbonyl (C=O) groups excluding carboxylic acids is 1. The molecule has 1 heterocycles. The quantitative estimate of drug-likeness (QED) is 0.768. The molecule has 3 aromatic rings. The number of hydrogen-bond donors (Lipinski definition) is 1. The standard InChI is InChI=1S/C19H17N3O3/c1-24-14-10-8-12(9-11-14)17-21-19(25-22-17)15-4-2-3-5-16(15)20-18(23)13-6-7-13/h2-5,8-11,13H,6-7H2,1H3,(H,20,23). The Bertz CT molecular complexity index is 898. The van der Waals surface area contributed by atoms with Gasteiger partial charge in [-0.15, -0.1) is 0 Å². The van der Waals surface area contributed by atoms with E-state index in [2.05, 4.69) is 15.5 Å². The van der Waals surface area contributed by atoms with Crippen molar-refractivity contribution in [2.75, 3.05) is 12.4 Å². The Hall–Kier alpha value is -3.15. The summed E-state index contributed by atoms with van der Waals surface area (Å²) >= 11 is 0. The van der Waals surface area contributed by atoms with Gasteiger partial charge in [0.05, 0.1) is 18.4 Å². The summed E-state index contributed by atoms with van der Waals surface area (Å²) in [5, 5.41) is 7.00. The summed E-state index contributed by atoms with van der Waals surface area (Å²) in [4.78, 5) is 16.5. The molecule has 1 aromatic heterocycles. The van der Waals surface area contributed by atoms with Crippen LogP contribution >= 0.6 is 0 Å². The fourth-order valence-corrected chi connectivity index (χ4v) is 2.55. The van der Waals surface area contributed by atoms with E-state index >= 15 is 0 Å². The predicted octanol–water partition coefficient (Wildman–Crippen LogP) is 3.76. The van der Waals surface area contributed by atoms with E-state index in [9.17, 15) is 4.79 Å². The SMILES string of the molecule is COc1ccc(-c2noc(-c3ccccc3NC(=O)C3CC3)n2)cc1. The molecule has 4 rings (SSSR count). The third-order valence-electron chi connectivity index (χ3n) is 4.14. The van der Waals surface area contributed by atoms with Gasteiger partial charge < -0.3 is 14.6 Å². The molecule has 2 aromatic carbocycles. The number of aromatic nitrogens is 2. The first kappa shape index (κ1) is 15.4. The largest absolute Gasteiger partial charge is 0.497 e. The van der Waals surface area contributed by atoms with Crippen molar-refractivity contribution < 1.29 is 14.1 Å². The molecular formula is C19H17N3O3. The Kier molecular flexibility index (Phi) is 3.93. The Balaban J connectivity index is 1.62. The average molecular weight is 335 g/mol. The van der Waals surface area contributed by atoms with Gasteiger partial charge in [-0.3, -0.25) is 4.79 Å². The zero-order chi connectivity index (χ0) is 17.2. The summed E-state index contributed by atoms with van der Waals surface area (Å²) in [7, 11) is 1.62. The van der Waals surface area contributed by atoms with Crippen molar-refractivity contribution in [3.63, 3.8) is 0 Å². The maximum atomic E-state index is 12.1. The average Bonchev–Trinajstić information content (AvgIpc) is 3.40. The van der Waals surface area contributed by atoms with Crippen molar-refractivity contribution in [2.24, 2.45) is 5.92 Å². The van der Waals surface area contributed by atoms with Crippen LogP contribution in [0.2, 0.25) is 0 Å². The second-order valence-electron chi connectivity index (χ2n) is 5.96. The molecule has 0 unspecified atom stereocenters. The molecule has 1 amide bonds. The molecule has 0 saturated heterocycles. The Labute approximate surface area is 144 Å². The topological polar surface area (TPSA) is 77.3 Å². The molecule has 0 spiro atoms. The van der Waals surface area contributed by atoms with E-state index < -0.39 is 0 Å². The van der Waals surface area contributed by atoms with Crippen LogP contribution in [0.1, 0.15) is 12.8 Å². The normalized spacial score (nSPS) is 13.5. The number of methoxy groups -OCH3 is 1. The smallest absolute Gasteiger partial charge is 0.260 e. The lowest BCUT2D eigenvalue weighted by Crippen LogP contribution is -2.13. The number of anilines is 1. The molecule has 0 bridgehead atoms. The van der Waals surface area contributed by atoms with E-state index in [1.54, 1.807) is 7.11 Å². The van der Waals surface area contributed by atoms with Crippen molar-refractivity contribution in [3.05, 3.63) is 48.5 Å². The van der Waals surface area contributed by atoms with Gasteiger partial charge >= 0.3 is 0 Å². The number of rotatable bonds is 5. The second-order valence-corrected chi connectivity index (χ2v) is 5.96. The lowest BCUT2D eigenvalue weighted by atomic mass is 10.1. The fourth-order valence-electron chi connectivity index (χ4n) is 2.55. The Morgan fingerprint density at radius 3 is 2.64 bits per heavy atom. The second kappa shape index (κ2) is 6.39. The first-order valence-electron chi connectivity index (χ1n) is 8.13. The van der Waals surface area contributed by atoms with Crippen LogP contribution in [0, 0.1) is 5.92 Å². The summed E-state index contributed by atoms with van der Waals surface area (Å²) in [6, 6.07) is 14.9. The van der Waals surface area contributed by atoms with Crippen LogP contribution in [0.5, 0.6) is 5.75 Å². The van der Waals surface area contributed by atoms with Crippen LogP contribution in [-0.2, 0) is 4.79 Å². The maximum absolute atomic E-state index is 12.1. The minimum atomic E-state index is 0.0438. The number of benzene rings is 2. The summed E-state index contributed by atoms with van der Waals surface area (Å²) < 4.78 is 10.6. The maximum Gasteiger partial charge on any atom is 0.260 e. The molecular weight excluding hydrogens is 318 g/mol. The van der Waals surface area contributed by atoms with E-state index in [4.69, 9.17) is 9.26 Å². The van der Waals surface area contributed by atoms with Crippen molar-refractivity contribution in [3.8, 4) is 28.6 Å². The van der Waals surface area contributed by atoms with E-state index in [1.807, 2.05) is 48.5 Å². The van der Waals surface area contributed by atoms with Gasteiger partial charge in [-0.1, -0.05) is 17.3 Å². The zero-order valence-corrected chi connectivity index (χ0v) is 13.7. The van der Waals surface area contributed by atoms with E-state index in [-0.39, 0.29) is 11.8 Å². The number of amides is 1. The first-order chi connectivity index (χ1) is 12.2. The molecule has 1 aliphatic carbocycles. The molecule has 126 valence electrons. The first-order valence-corrected chi connectivity index (χ1v) is 8.13. The number of carbonyl (C=O) groups is 1. The highest BCUT2D eigenvalue weighted by atomic mass is 16.5. The van der Waals surface area contributed by atoms with E-state index in [1.165, 1.54) is 0 Å². The van der Waals surface area contributed by atoms with Gasteiger partial charge in [0.25, 0.3) is 5.89 Å². The molecule has 1 saturated carbocycles. The molecule has 1 fully saturated rings. The van der Waals surface area contributed by atoms with Gasteiger partial charge in [-0.2, -0.15) is 4.98 Å². The Morgan fingerprint density at radius 1 is 1.16 bits per heavy atom. The highest BCUT2D eigenvalue weighted by Gasteiger charge is 2.30. The van der Waals surface area contributed by atoms with Crippen LogP contribution in [0.25, 0.3) is 22.8 Å². The van der Waals surface area contributed by atoms with Gasteiger partial charge in [-0.25, -0.2) is 0 Å². The third-order valence-corrected chi connectivity index (χ3v) is 4.14. The van der Waals surface area contributed by atoms with Crippen LogP contribution in [-0.4, -0.2) is 23.2 Å². The summed E-state index contributed by atoms with van der Waals surface area (Å²) in [6.07, 6.45) is 1.91. The van der Waals surface area contributed by atoms with Crippen LogP contribution in [0.4, 0.5) is 5.69 Å². The van der Waals surface area contributed by atoms with Gasteiger partial charge in [0.1, 0.15) is 5.75 Å². The molecule has 6 nitrogen and oxygen atoms in total. The van der Waals surface area contributed by atoms with Crippen molar-refractivity contribution in [2.45, 2.75) is 12.8 Å². The molecule has 0 aliphatic heterocycles. The summed E-state index contributed by atoms with van der Waals surface area (Å²) in [5.74, 6) is 1.80. The van der Waals surface area contributed by atoms with E-state index in [0.29, 0.717) is 23.0 Å². The van der Waals surface area contributed by atoms with Crippen molar-refractivity contribution in [1.82, 2.24) is 10.1 Å². The number of nitrogens with zero attached hydrogens (tertiary/aromatic N) is 2.